The number of rotatable bonds is 16. The maximum atomic E-state index is 15.0. The van der Waals surface area contributed by atoms with Gasteiger partial charge in [-0.3, -0.25) is 4.79 Å². The molecule has 2 bridgehead atoms. The number of carbonyl (C=O) groups is 2. The Hall–Kier alpha value is -3.48. The predicted octanol–water partition coefficient (Wildman–Crippen LogP) is 9.18. The van der Waals surface area contributed by atoms with Gasteiger partial charge in [-0.2, -0.15) is 0 Å². The third-order valence-corrected chi connectivity index (χ3v) is 11.3. The maximum Gasteiger partial charge on any atom is 0.348 e. The highest BCUT2D eigenvalue weighted by molar-refractivity contribution is 5.86. The fourth-order valence-electron chi connectivity index (χ4n) is 8.81. The van der Waals surface area contributed by atoms with Gasteiger partial charge in [-0.15, -0.1) is 0 Å². The van der Waals surface area contributed by atoms with Gasteiger partial charge >= 0.3 is 11.9 Å². The number of benzene rings is 3. The Morgan fingerprint density at radius 3 is 1.81 bits per heavy atom. The molecule has 0 aliphatic carbocycles. The predicted molar refractivity (Wildman–Crippen MR) is 188 cm³/mol. The number of carbonyl (C=O) groups excluding carboxylic acids is 2. The molecule has 3 fully saturated rings. The lowest BCUT2D eigenvalue weighted by Gasteiger charge is -2.47. The second-order valence-corrected chi connectivity index (χ2v) is 14.3. The van der Waals surface area contributed by atoms with Crippen LogP contribution in [0.25, 0.3) is 0 Å². The summed E-state index contributed by atoms with van der Waals surface area (Å²) >= 11 is 0. The lowest BCUT2D eigenvalue weighted by molar-refractivity contribution is -0.956. The largest absolute Gasteiger partial charge is 0.459 e. The first-order valence-corrected chi connectivity index (χ1v) is 18.7. The van der Waals surface area contributed by atoms with Gasteiger partial charge in [0.2, 0.25) is 11.9 Å². The molecular weight excluding hydrogens is 598 g/mol. The van der Waals surface area contributed by atoms with E-state index in [-0.39, 0.29) is 12.1 Å². The number of hydrogen-bond acceptors (Lipinski definition) is 5. The number of esters is 2. The molecule has 1 spiro atoms. The number of unbranched alkanes of at least 4 members (excludes halogenated alkanes) is 6. The van der Waals surface area contributed by atoms with Crippen LogP contribution in [0.3, 0.4) is 0 Å². The third kappa shape index (κ3) is 7.55. The van der Waals surface area contributed by atoms with E-state index in [9.17, 15) is 9.59 Å². The van der Waals surface area contributed by atoms with Crippen molar-refractivity contribution in [3.63, 3.8) is 0 Å². The molecule has 3 aromatic carbocycles. The fourth-order valence-corrected chi connectivity index (χ4v) is 8.81. The molecule has 48 heavy (non-hydrogen) atoms. The molecule has 6 rings (SSSR count). The van der Waals surface area contributed by atoms with Crippen molar-refractivity contribution in [2.75, 3.05) is 13.1 Å². The summed E-state index contributed by atoms with van der Waals surface area (Å²) in [7, 11) is 0. The van der Waals surface area contributed by atoms with Crippen molar-refractivity contribution in [2.24, 2.45) is 0 Å². The van der Waals surface area contributed by atoms with Crippen LogP contribution >= 0.6 is 0 Å². The van der Waals surface area contributed by atoms with E-state index in [1.807, 2.05) is 91.0 Å². The summed E-state index contributed by atoms with van der Waals surface area (Å²) in [5, 5.41) is 0. The molecule has 3 saturated heterocycles. The summed E-state index contributed by atoms with van der Waals surface area (Å²) < 4.78 is 21.0. The van der Waals surface area contributed by atoms with Crippen LogP contribution in [-0.4, -0.2) is 47.7 Å². The third-order valence-electron chi connectivity index (χ3n) is 11.3. The first-order chi connectivity index (χ1) is 23.5. The molecule has 3 aliphatic heterocycles. The normalized spacial score (nSPS) is 22.0. The van der Waals surface area contributed by atoms with Crippen LogP contribution in [0.4, 0.5) is 0 Å². The Kier molecular flexibility index (Phi) is 11.7. The van der Waals surface area contributed by atoms with Crippen LogP contribution in [0, 0.1) is 0 Å². The van der Waals surface area contributed by atoms with E-state index in [1.165, 1.54) is 68.9 Å². The number of hydrogen-bond donors (Lipinski definition) is 0. The van der Waals surface area contributed by atoms with Gasteiger partial charge in [0.15, 0.2) is 0 Å². The Bertz CT molecular complexity index is 1380. The van der Waals surface area contributed by atoms with Crippen molar-refractivity contribution >= 4 is 11.9 Å². The standard InChI is InChI=1S/C42H54NO5/c1-2-3-4-5-6-7-17-26-39(44)47-40(33-20-11-8-12-21-33)48-42(34-22-13-9-14-23-34,35-24-15-10-16-25-35)41(45)46-38-31-36-27-28-37(32-38)43(36)29-18-19-30-43/h8-16,20-25,36-38,40H,2-7,17-19,26-32H2,1H3/q+1. The number of nitrogens with zero attached hydrogens (tertiary/aromatic N) is 1. The molecule has 0 saturated carbocycles. The SMILES string of the molecule is CCCCCCCCCC(=O)OC(OC(C(=O)OC1CC2CCC(C1)[N+]21CCCC1)(c1ccccc1)c1ccccc1)c1ccccc1. The van der Waals surface area contributed by atoms with Gasteiger partial charge < -0.3 is 18.7 Å². The molecule has 6 heteroatoms. The van der Waals surface area contributed by atoms with Crippen LogP contribution in [-0.2, 0) is 29.4 Å². The van der Waals surface area contributed by atoms with Crippen molar-refractivity contribution in [2.45, 2.75) is 127 Å². The van der Waals surface area contributed by atoms with Crippen molar-refractivity contribution in [1.29, 1.82) is 0 Å². The average Bonchev–Trinajstić information content (AvgIpc) is 3.67. The van der Waals surface area contributed by atoms with Crippen LogP contribution in [0.2, 0.25) is 0 Å². The van der Waals surface area contributed by atoms with E-state index in [2.05, 4.69) is 6.92 Å². The van der Waals surface area contributed by atoms with Crippen LogP contribution in [0.15, 0.2) is 91.0 Å². The first-order valence-electron chi connectivity index (χ1n) is 18.7. The Balaban J connectivity index is 1.28. The van der Waals surface area contributed by atoms with Crippen LogP contribution < -0.4 is 0 Å². The Morgan fingerprint density at radius 2 is 1.25 bits per heavy atom. The number of ether oxygens (including phenoxy) is 3. The molecule has 256 valence electrons. The summed E-state index contributed by atoms with van der Waals surface area (Å²) in [4.78, 5) is 28.3. The van der Waals surface area contributed by atoms with E-state index in [0.29, 0.717) is 35.2 Å². The van der Waals surface area contributed by atoms with E-state index in [1.54, 1.807) is 0 Å². The van der Waals surface area contributed by atoms with Crippen LogP contribution in [0.1, 0.15) is 120 Å². The molecule has 3 aliphatic rings. The number of quaternary nitrogens is 1. The zero-order valence-electron chi connectivity index (χ0n) is 28.8. The quantitative estimate of drug-likeness (QED) is 0.0668. The van der Waals surface area contributed by atoms with Gasteiger partial charge in [0, 0.05) is 50.5 Å². The van der Waals surface area contributed by atoms with E-state index < -0.39 is 17.9 Å². The monoisotopic (exact) mass is 652 g/mol. The van der Waals surface area contributed by atoms with E-state index in [0.717, 1.165) is 32.1 Å². The lowest BCUT2D eigenvalue weighted by atomic mass is 9.85. The van der Waals surface area contributed by atoms with E-state index >= 15 is 0 Å². The molecular formula is C42H54NO5+. The van der Waals surface area contributed by atoms with E-state index in [4.69, 9.17) is 14.2 Å². The summed E-state index contributed by atoms with van der Waals surface area (Å²) in [5.41, 5.74) is 0.309. The minimum Gasteiger partial charge on any atom is -0.459 e. The molecule has 3 aromatic rings. The molecule has 3 heterocycles. The summed E-state index contributed by atoms with van der Waals surface area (Å²) in [5.74, 6) is -0.785. The number of piperidine rings is 1. The molecule has 0 amide bonds. The smallest absolute Gasteiger partial charge is 0.348 e. The second-order valence-electron chi connectivity index (χ2n) is 14.3. The van der Waals surface area contributed by atoms with Crippen LogP contribution in [0.5, 0.6) is 0 Å². The molecule has 0 N–H and O–H groups in total. The summed E-state index contributed by atoms with van der Waals surface area (Å²) in [6.45, 7) is 4.75. The maximum absolute atomic E-state index is 15.0. The molecule has 0 radical (unpaired) electrons. The average molecular weight is 653 g/mol. The van der Waals surface area contributed by atoms with Gasteiger partial charge in [0.1, 0.15) is 6.10 Å². The zero-order valence-corrected chi connectivity index (χ0v) is 28.8. The second kappa shape index (κ2) is 16.3. The minimum absolute atomic E-state index is 0.176. The van der Waals surface area contributed by atoms with Gasteiger partial charge in [-0.1, -0.05) is 136 Å². The molecule has 3 atom stereocenters. The van der Waals surface area contributed by atoms with Gasteiger partial charge in [0.05, 0.1) is 25.2 Å². The van der Waals surface area contributed by atoms with Crippen molar-refractivity contribution in [1.82, 2.24) is 0 Å². The summed E-state index contributed by atoms with van der Waals surface area (Å²) in [6.07, 6.45) is 13.6. The topological polar surface area (TPSA) is 61.8 Å². The highest BCUT2D eigenvalue weighted by atomic mass is 16.7. The molecule has 6 nitrogen and oxygen atoms in total. The van der Waals surface area contributed by atoms with Crippen molar-refractivity contribution in [3.05, 3.63) is 108 Å². The Morgan fingerprint density at radius 1 is 0.729 bits per heavy atom. The molecule has 3 unspecified atom stereocenters. The Labute approximate surface area is 287 Å². The van der Waals surface area contributed by atoms with Gasteiger partial charge in [-0.25, -0.2) is 4.79 Å². The highest BCUT2D eigenvalue weighted by Gasteiger charge is 2.57. The van der Waals surface area contributed by atoms with Gasteiger partial charge in [0.25, 0.3) is 0 Å². The fraction of sp³-hybridized carbons (Fsp3) is 0.524. The van der Waals surface area contributed by atoms with Gasteiger partial charge in [-0.05, 0) is 17.5 Å². The van der Waals surface area contributed by atoms with Crippen molar-refractivity contribution in [3.8, 4) is 0 Å². The summed E-state index contributed by atoms with van der Waals surface area (Å²) in [6, 6.07) is 29.7. The highest BCUT2D eigenvalue weighted by Crippen LogP contribution is 2.47. The van der Waals surface area contributed by atoms with Crippen molar-refractivity contribution < 1.29 is 28.3 Å². The molecule has 0 aromatic heterocycles. The minimum atomic E-state index is -1.65. The first kappa shape index (κ1) is 34.4. The lowest BCUT2D eigenvalue weighted by Crippen LogP contribution is -2.60. The zero-order chi connectivity index (χ0) is 33.2.